The predicted molar refractivity (Wildman–Crippen MR) is 44.9 cm³/mol. The summed E-state index contributed by atoms with van der Waals surface area (Å²) in [6.07, 6.45) is 1.42. The van der Waals surface area contributed by atoms with E-state index in [1.165, 1.54) is 6.08 Å². The second-order valence-corrected chi connectivity index (χ2v) is 1.78. The number of carboxylic acids is 2. The van der Waals surface area contributed by atoms with Gasteiger partial charge in [-0.15, -0.1) is 0 Å². The number of hydrogen-bond acceptors (Lipinski definition) is 2. The summed E-state index contributed by atoms with van der Waals surface area (Å²) in [6, 6.07) is 0. The average Bonchev–Trinajstić information content (AvgIpc) is 2.04. The van der Waals surface area contributed by atoms with Crippen LogP contribution < -0.4 is 0 Å². The first-order valence-corrected chi connectivity index (χ1v) is 3.22. The van der Waals surface area contributed by atoms with Gasteiger partial charge in [0.1, 0.15) is 0 Å². The van der Waals surface area contributed by atoms with Gasteiger partial charge in [0.2, 0.25) is 0 Å². The van der Waals surface area contributed by atoms with Crippen molar-refractivity contribution in [2.75, 3.05) is 0 Å². The summed E-state index contributed by atoms with van der Waals surface area (Å²) in [5.41, 5.74) is 0.0278. The normalized spacial score (nSPS) is 7.42. The molecule has 2 N–H and O–H groups in total. The molecule has 4 heteroatoms. The molecule has 0 aromatic rings. The smallest absolute Gasteiger partial charge is 0.335 e. The van der Waals surface area contributed by atoms with Gasteiger partial charge in [-0.2, -0.15) is 0 Å². The third-order valence-corrected chi connectivity index (χ3v) is 0.824. The summed E-state index contributed by atoms with van der Waals surface area (Å²) in [6.45, 7) is 7.96. The van der Waals surface area contributed by atoms with Gasteiger partial charge in [-0.3, -0.25) is 4.79 Å². The van der Waals surface area contributed by atoms with Gasteiger partial charge in [-0.05, 0) is 0 Å². The molecule has 0 aromatic heterocycles. The van der Waals surface area contributed by atoms with Crippen molar-refractivity contribution in [3.8, 4) is 0 Å². The third kappa shape index (κ3) is 11.2. The summed E-state index contributed by atoms with van der Waals surface area (Å²) < 4.78 is 0. The van der Waals surface area contributed by atoms with Crippen LogP contribution in [0, 0.1) is 0 Å². The van der Waals surface area contributed by atoms with Gasteiger partial charge >= 0.3 is 11.9 Å². The molecular formula is C8H12O4. The molecule has 0 spiro atoms. The van der Waals surface area contributed by atoms with Crippen molar-refractivity contribution in [3.63, 3.8) is 0 Å². The Balaban J connectivity index is 0. The fourth-order valence-corrected chi connectivity index (χ4v) is 0.0873. The van der Waals surface area contributed by atoms with Crippen LogP contribution >= 0.6 is 0 Å². The number of aliphatic carboxylic acids is 2. The second-order valence-electron chi connectivity index (χ2n) is 1.78. The Labute approximate surface area is 70.8 Å². The Kier molecular flexibility index (Phi) is 8.18. The summed E-state index contributed by atoms with van der Waals surface area (Å²) in [4.78, 5) is 19.1. The lowest BCUT2D eigenvalue weighted by Gasteiger charge is -1.82. The first-order valence-electron chi connectivity index (χ1n) is 3.22. The molecule has 0 aliphatic heterocycles. The molecule has 12 heavy (non-hydrogen) atoms. The Morgan fingerprint density at radius 1 is 1.42 bits per heavy atom. The highest BCUT2D eigenvalue weighted by Gasteiger charge is 1.93. The first-order chi connectivity index (χ1) is 5.45. The minimum atomic E-state index is -1.02. The maximum atomic E-state index is 9.76. The molecular weight excluding hydrogens is 160 g/mol. The SMILES string of the molecule is C=CC(=C)C(=O)O.CCC(=O)O. The summed E-state index contributed by atoms with van der Waals surface area (Å²) >= 11 is 0. The number of hydrogen-bond donors (Lipinski definition) is 2. The number of carbonyl (C=O) groups is 2. The summed E-state index contributed by atoms with van der Waals surface area (Å²) in [5.74, 6) is -1.76. The maximum Gasteiger partial charge on any atom is 0.335 e. The van der Waals surface area contributed by atoms with Crippen molar-refractivity contribution >= 4 is 11.9 Å². The van der Waals surface area contributed by atoms with Gasteiger partial charge in [0, 0.05) is 6.42 Å². The summed E-state index contributed by atoms with van der Waals surface area (Å²) in [7, 11) is 0. The van der Waals surface area contributed by atoms with Gasteiger partial charge in [0.15, 0.2) is 0 Å². The molecule has 0 fully saturated rings. The van der Waals surface area contributed by atoms with Gasteiger partial charge < -0.3 is 10.2 Å². The zero-order valence-electron chi connectivity index (χ0n) is 6.91. The fraction of sp³-hybridized carbons (Fsp3) is 0.250. The van der Waals surface area contributed by atoms with Crippen LogP contribution in [-0.2, 0) is 9.59 Å². The van der Waals surface area contributed by atoms with Crippen LogP contribution in [0.2, 0.25) is 0 Å². The highest BCUT2D eigenvalue weighted by molar-refractivity contribution is 5.88. The number of carboxylic acid groups (broad SMARTS) is 2. The highest BCUT2D eigenvalue weighted by Crippen LogP contribution is 1.86. The molecule has 0 unspecified atom stereocenters. The molecule has 68 valence electrons. The molecule has 0 amide bonds. The monoisotopic (exact) mass is 172 g/mol. The van der Waals surface area contributed by atoms with E-state index in [1.54, 1.807) is 6.92 Å². The van der Waals surface area contributed by atoms with Crippen LogP contribution in [0.3, 0.4) is 0 Å². The molecule has 0 radical (unpaired) electrons. The highest BCUT2D eigenvalue weighted by atomic mass is 16.4. The maximum absolute atomic E-state index is 9.76. The van der Waals surface area contributed by atoms with Gasteiger partial charge in [-0.1, -0.05) is 26.2 Å². The van der Waals surface area contributed by atoms with E-state index in [0.29, 0.717) is 0 Å². The lowest BCUT2D eigenvalue weighted by Crippen LogP contribution is -1.93. The second kappa shape index (κ2) is 7.53. The molecule has 0 aromatic carbocycles. The van der Waals surface area contributed by atoms with Crippen molar-refractivity contribution in [2.24, 2.45) is 0 Å². The summed E-state index contributed by atoms with van der Waals surface area (Å²) in [5, 5.41) is 15.7. The zero-order chi connectivity index (χ0) is 10.1. The molecule has 0 saturated carbocycles. The quantitative estimate of drug-likeness (QED) is 0.497. The minimum Gasteiger partial charge on any atom is -0.481 e. The Morgan fingerprint density at radius 3 is 1.75 bits per heavy atom. The molecule has 0 aliphatic rings. The van der Waals surface area contributed by atoms with Gasteiger partial charge in [0.05, 0.1) is 5.57 Å². The van der Waals surface area contributed by atoms with E-state index in [9.17, 15) is 9.59 Å². The van der Waals surface area contributed by atoms with Crippen LogP contribution in [0.5, 0.6) is 0 Å². The van der Waals surface area contributed by atoms with E-state index >= 15 is 0 Å². The van der Waals surface area contributed by atoms with Crippen molar-refractivity contribution in [1.29, 1.82) is 0 Å². The zero-order valence-corrected chi connectivity index (χ0v) is 6.91. The predicted octanol–water partition coefficient (Wildman–Crippen LogP) is 1.29. The van der Waals surface area contributed by atoms with Gasteiger partial charge in [-0.25, -0.2) is 4.79 Å². The molecule has 0 bridgehead atoms. The molecule has 0 rings (SSSR count). The van der Waals surface area contributed by atoms with Crippen LogP contribution in [0.25, 0.3) is 0 Å². The van der Waals surface area contributed by atoms with Crippen LogP contribution in [-0.4, -0.2) is 22.2 Å². The lowest BCUT2D eigenvalue weighted by molar-refractivity contribution is -0.136. The first kappa shape index (κ1) is 13.0. The van der Waals surface area contributed by atoms with Crippen molar-refractivity contribution in [2.45, 2.75) is 13.3 Å². The molecule has 0 atom stereocenters. The van der Waals surface area contributed by atoms with E-state index in [4.69, 9.17) is 10.2 Å². The minimum absolute atomic E-state index is 0.0278. The van der Waals surface area contributed by atoms with Crippen molar-refractivity contribution in [3.05, 3.63) is 24.8 Å². The lowest BCUT2D eigenvalue weighted by atomic mass is 10.3. The van der Waals surface area contributed by atoms with E-state index in [-0.39, 0.29) is 12.0 Å². The van der Waals surface area contributed by atoms with Crippen LogP contribution in [0.4, 0.5) is 0 Å². The third-order valence-electron chi connectivity index (χ3n) is 0.824. The van der Waals surface area contributed by atoms with E-state index in [1.807, 2.05) is 0 Å². The number of rotatable bonds is 3. The van der Waals surface area contributed by atoms with Crippen molar-refractivity contribution < 1.29 is 19.8 Å². The van der Waals surface area contributed by atoms with Crippen LogP contribution in [0.15, 0.2) is 24.8 Å². The van der Waals surface area contributed by atoms with Crippen LogP contribution in [0.1, 0.15) is 13.3 Å². The molecule has 0 heterocycles. The van der Waals surface area contributed by atoms with E-state index < -0.39 is 11.9 Å². The van der Waals surface area contributed by atoms with E-state index in [0.717, 1.165) is 0 Å². The standard InChI is InChI=1S/C5H6O2.C3H6O2/c1-3-4(2)5(6)7;1-2-3(4)5/h3H,1-2H2,(H,6,7);2H2,1H3,(H,4,5). The largest absolute Gasteiger partial charge is 0.481 e. The fourth-order valence-electron chi connectivity index (χ4n) is 0.0873. The molecule has 4 nitrogen and oxygen atoms in total. The molecule has 0 aliphatic carbocycles. The Hall–Kier alpha value is -1.58. The average molecular weight is 172 g/mol. The molecule has 0 saturated heterocycles. The van der Waals surface area contributed by atoms with Crippen molar-refractivity contribution in [1.82, 2.24) is 0 Å². The van der Waals surface area contributed by atoms with E-state index in [2.05, 4.69) is 13.2 Å². The Bertz CT molecular complexity index is 193. The van der Waals surface area contributed by atoms with Gasteiger partial charge in [0.25, 0.3) is 0 Å². The topological polar surface area (TPSA) is 74.6 Å². The Morgan fingerprint density at radius 2 is 1.75 bits per heavy atom.